The zero-order valence-corrected chi connectivity index (χ0v) is 4.76. The van der Waals surface area contributed by atoms with E-state index in [1.165, 1.54) is 0 Å². The minimum absolute atomic E-state index is 0. The van der Waals surface area contributed by atoms with E-state index in [-0.39, 0.29) is 20.1 Å². The van der Waals surface area contributed by atoms with Gasteiger partial charge in [0.05, 0.1) is 19.3 Å². The Kier molecular flexibility index (Phi) is 4.67. The molecule has 0 spiro atoms. The summed E-state index contributed by atoms with van der Waals surface area (Å²) >= 11 is 0. The summed E-state index contributed by atoms with van der Waals surface area (Å²) in [5, 5.41) is 11.6. The summed E-state index contributed by atoms with van der Waals surface area (Å²) in [5.41, 5.74) is 0. The lowest BCUT2D eigenvalue weighted by molar-refractivity contribution is -0.00618. The van der Waals surface area contributed by atoms with Crippen LogP contribution in [0, 0.1) is 0 Å². The lowest BCUT2D eigenvalue weighted by Crippen LogP contribution is -2.40. The van der Waals surface area contributed by atoms with Crippen molar-refractivity contribution in [2.45, 2.75) is 13.5 Å². The van der Waals surface area contributed by atoms with Crippen LogP contribution < -0.4 is 5.32 Å². The fraction of sp³-hybridized carbons (Fsp3) is 1.00. The molecule has 0 radical (unpaired) electrons. The van der Waals surface area contributed by atoms with Crippen LogP contribution in [-0.2, 0) is 4.74 Å². The molecule has 3 heteroatoms. The van der Waals surface area contributed by atoms with Gasteiger partial charge >= 0.3 is 0 Å². The molecule has 0 aromatic carbocycles. The summed E-state index contributed by atoms with van der Waals surface area (Å²) in [6.07, 6.45) is 0.0312. The van der Waals surface area contributed by atoms with Crippen LogP contribution in [0.2, 0.25) is 0 Å². The van der Waals surface area contributed by atoms with E-state index in [1.807, 2.05) is 0 Å². The highest BCUT2D eigenvalue weighted by Crippen LogP contribution is 1.92. The van der Waals surface area contributed by atoms with Gasteiger partial charge in [0.25, 0.3) is 0 Å². The quantitative estimate of drug-likeness (QED) is 0.511. The van der Waals surface area contributed by atoms with Crippen molar-refractivity contribution in [1.29, 1.82) is 0 Å². The Morgan fingerprint density at radius 2 is 2.44 bits per heavy atom. The lowest BCUT2D eigenvalue weighted by Gasteiger charge is -2.21. The highest BCUT2D eigenvalue weighted by Gasteiger charge is 2.10. The molecule has 3 nitrogen and oxygen atoms in total. The molecule has 0 bridgehead atoms. The monoisotopic (exact) mass is 133 g/mol. The third kappa shape index (κ3) is 2.79. The maximum Gasteiger partial charge on any atom is 0.0930 e. The molecule has 0 aromatic heterocycles. The molecule has 2 N–H and O–H groups in total. The summed E-state index contributed by atoms with van der Waals surface area (Å²) in [6.45, 7) is 2.56. The van der Waals surface area contributed by atoms with Gasteiger partial charge < -0.3 is 15.2 Å². The first-order chi connectivity index (χ1) is 3.93. The molecule has 1 aliphatic heterocycles. The van der Waals surface area contributed by atoms with Crippen LogP contribution in [-0.4, -0.2) is 37.5 Å². The Labute approximate surface area is 56.0 Å². The van der Waals surface area contributed by atoms with Crippen molar-refractivity contribution in [1.82, 2.24) is 5.32 Å². The maximum absolute atomic E-state index is 8.53. The Morgan fingerprint density at radius 1 is 1.67 bits per heavy atom. The Balaban J connectivity index is 0.000000640. The third-order valence-corrected chi connectivity index (χ3v) is 1.21. The van der Waals surface area contributed by atoms with E-state index in [9.17, 15) is 0 Å². The van der Waals surface area contributed by atoms with Crippen molar-refractivity contribution in [2.24, 2.45) is 0 Å². The smallest absolute Gasteiger partial charge is 0.0930 e. The first kappa shape index (κ1) is 8.88. The summed E-state index contributed by atoms with van der Waals surface area (Å²) in [7, 11) is 0. The van der Waals surface area contributed by atoms with Gasteiger partial charge in [0.2, 0.25) is 0 Å². The second-order valence-electron chi connectivity index (χ2n) is 1.88. The van der Waals surface area contributed by atoms with Crippen molar-refractivity contribution in [2.75, 3.05) is 26.3 Å². The molecular weight excluding hydrogens is 118 g/mol. The molecule has 1 aliphatic rings. The molecule has 1 heterocycles. The van der Waals surface area contributed by atoms with E-state index in [1.54, 1.807) is 0 Å². The van der Waals surface area contributed by atoms with Crippen LogP contribution in [0.1, 0.15) is 7.43 Å². The molecule has 1 rings (SSSR count). The molecule has 9 heavy (non-hydrogen) atoms. The van der Waals surface area contributed by atoms with Gasteiger partial charge in [-0.25, -0.2) is 0 Å². The minimum Gasteiger partial charge on any atom is -0.394 e. The van der Waals surface area contributed by atoms with Crippen LogP contribution in [0.3, 0.4) is 0 Å². The minimum atomic E-state index is 0. The second-order valence-corrected chi connectivity index (χ2v) is 1.88. The maximum atomic E-state index is 8.53. The number of nitrogens with one attached hydrogen (secondary N) is 1. The predicted octanol–water partition coefficient (Wildman–Crippen LogP) is -0.397. The van der Waals surface area contributed by atoms with E-state index in [0.717, 1.165) is 19.7 Å². The SMILES string of the molecule is C.OCC1CNCCO1. The highest BCUT2D eigenvalue weighted by molar-refractivity contribution is 4.64. The average Bonchev–Trinajstić information content (AvgIpc) is 1.90. The lowest BCUT2D eigenvalue weighted by atomic mass is 10.3. The summed E-state index contributed by atoms with van der Waals surface area (Å²) in [5.74, 6) is 0. The fourth-order valence-corrected chi connectivity index (χ4v) is 0.737. The van der Waals surface area contributed by atoms with Gasteiger partial charge in [0.15, 0.2) is 0 Å². The standard InChI is InChI=1S/C5H11NO2.CH4/c7-4-5-3-6-1-2-8-5;/h5-7H,1-4H2;1H4. The van der Waals surface area contributed by atoms with E-state index in [2.05, 4.69) is 5.32 Å². The number of aliphatic hydroxyl groups is 1. The van der Waals surface area contributed by atoms with Gasteiger partial charge in [0.1, 0.15) is 0 Å². The number of ether oxygens (including phenoxy) is 1. The van der Waals surface area contributed by atoms with Gasteiger partial charge in [-0.05, 0) is 0 Å². The number of aliphatic hydroxyl groups excluding tert-OH is 1. The Bertz CT molecular complexity index is 62.1. The predicted molar refractivity (Wildman–Crippen MR) is 36.4 cm³/mol. The molecule has 1 saturated heterocycles. The van der Waals surface area contributed by atoms with Gasteiger partial charge in [-0.15, -0.1) is 0 Å². The first-order valence-electron chi connectivity index (χ1n) is 2.86. The summed E-state index contributed by atoms with van der Waals surface area (Å²) in [4.78, 5) is 0. The average molecular weight is 133 g/mol. The number of hydrogen-bond donors (Lipinski definition) is 2. The Morgan fingerprint density at radius 3 is 2.78 bits per heavy atom. The molecule has 0 aromatic rings. The van der Waals surface area contributed by atoms with E-state index >= 15 is 0 Å². The van der Waals surface area contributed by atoms with E-state index in [0.29, 0.717) is 0 Å². The van der Waals surface area contributed by atoms with Crippen molar-refractivity contribution < 1.29 is 9.84 Å². The molecule has 1 unspecified atom stereocenters. The van der Waals surface area contributed by atoms with Crippen molar-refractivity contribution >= 4 is 0 Å². The van der Waals surface area contributed by atoms with Crippen LogP contribution in [0.5, 0.6) is 0 Å². The van der Waals surface area contributed by atoms with Crippen LogP contribution >= 0.6 is 0 Å². The van der Waals surface area contributed by atoms with Crippen LogP contribution in [0.15, 0.2) is 0 Å². The van der Waals surface area contributed by atoms with Gasteiger partial charge in [0, 0.05) is 13.1 Å². The Hall–Kier alpha value is -0.120. The fourth-order valence-electron chi connectivity index (χ4n) is 0.737. The van der Waals surface area contributed by atoms with Gasteiger partial charge in [-0.2, -0.15) is 0 Å². The zero-order valence-electron chi connectivity index (χ0n) is 4.76. The number of rotatable bonds is 1. The van der Waals surface area contributed by atoms with Crippen molar-refractivity contribution in [3.63, 3.8) is 0 Å². The number of morpholine rings is 1. The zero-order chi connectivity index (χ0) is 5.82. The molecule has 0 saturated carbocycles. The van der Waals surface area contributed by atoms with Crippen molar-refractivity contribution in [3.8, 4) is 0 Å². The van der Waals surface area contributed by atoms with Crippen LogP contribution in [0.25, 0.3) is 0 Å². The van der Waals surface area contributed by atoms with Crippen LogP contribution in [0.4, 0.5) is 0 Å². The largest absolute Gasteiger partial charge is 0.394 e. The first-order valence-corrected chi connectivity index (χ1v) is 2.86. The second kappa shape index (κ2) is 4.73. The van der Waals surface area contributed by atoms with Crippen molar-refractivity contribution in [3.05, 3.63) is 0 Å². The summed E-state index contributed by atoms with van der Waals surface area (Å²) in [6, 6.07) is 0. The highest BCUT2D eigenvalue weighted by atomic mass is 16.5. The molecule has 1 atom stereocenters. The number of hydrogen-bond acceptors (Lipinski definition) is 3. The molecule has 0 aliphatic carbocycles. The molecule has 0 amide bonds. The van der Waals surface area contributed by atoms with E-state index in [4.69, 9.17) is 9.84 Å². The van der Waals surface area contributed by atoms with Gasteiger partial charge in [-0.1, -0.05) is 7.43 Å². The molecule has 56 valence electrons. The normalized spacial score (nSPS) is 27.0. The van der Waals surface area contributed by atoms with E-state index < -0.39 is 0 Å². The topological polar surface area (TPSA) is 41.5 Å². The summed E-state index contributed by atoms with van der Waals surface area (Å²) < 4.78 is 5.11. The molecular formula is C6H15NO2. The van der Waals surface area contributed by atoms with Gasteiger partial charge in [-0.3, -0.25) is 0 Å². The third-order valence-electron chi connectivity index (χ3n) is 1.21. The molecule has 1 fully saturated rings.